The van der Waals surface area contributed by atoms with Crippen LogP contribution in [-0.4, -0.2) is 11.5 Å². The van der Waals surface area contributed by atoms with E-state index in [4.69, 9.17) is 10.2 Å². The van der Waals surface area contributed by atoms with Gasteiger partial charge >= 0.3 is 0 Å². The molecule has 16 heavy (non-hydrogen) atoms. The molecule has 1 aromatic carbocycles. The van der Waals surface area contributed by atoms with Gasteiger partial charge < -0.3 is 10.2 Å². The molecule has 2 N–H and O–H groups in total. The summed E-state index contributed by atoms with van der Waals surface area (Å²) in [6, 6.07) is 8.42. The lowest BCUT2D eigenvalue weighted by Crippen LogP contribution is -2.02. The van der Waals surface area contributed by atoms with E-state index in [2.05, 4.69) is 36.2 Å². The van der Waals surface area contributed by atoms with Gasteiger partial charge in [-0.1, -0.05) is 29.8 Å². The molecule has 0 radical (unpaired) electrons. The topological polar surface area (TPSA) is 52.0 Å². The molecule has 0 atom stereocenters. The molecule has 3 heteroatoms. The summed E-state index contributed by atoms with van der Waals surface area (Å²) >= 11 is 0. The molecule has 0 fully saturated rings. The van der Waals surface area contributed by atoms with Crippen molar-refractivity contribution < 1.29 is 4.42 Å². The summed E-state index contributed by atoms with van der Waals surface area (Å²) in [5.74, 6) is 0.727. The molecular weight excluding hydrogens is 200 g/mol. The molecule has 0 aliphatic heterocycles. The van der Waals surface area contributed by atoms with Gasteiger partial charge in [0.05, 0.1) is 5.69 Å². The molecule has 0 aliphatic carbocycles. The first-order valence-electron chi connectivity index (χ1n) is 5.47. The zero-order valence-corrected chi connectivity index (χ0v) is 9.44. The van der Waals surface area contributed by atoms with Gasteiger partial charge in [-0.05, 0) is 12.5 Å². The van der Waals surface area contributed by atoms with Crippen LogP contribution in [0.5, 0.6) is 0 Å². The van der Waals surface area contributed by atoms with E-state index in [0.29, 0.717) is 13.0 Å². The number of nitrogens with two attached hydrogens (primary N) is 1. The van der Waals surface area contributed by atoms with Crippen LogP contribution in [-0.2, 0) is 12.8 Å². The molecular formula is C13H16N2O. The zero-order chi connectivity index (χ0) is 11.4. The molecule has 84 valence electrons. The maximum Gasteiger partial charge on any atom is 0.195 e. The molecule has 0 saturated carbocycles. The molecule has 0 bridgehead atoms. The second kappa shape index (κ2) is 4.94. The fourth-order valence-corrected chi connectivity index (χ4v) is 1.70. The smallest absolute Gasteiger partial charge is 0.195 e. The van der Waals surface area contributed by atoms with E-state index in [1.165, 1.54) is 11.1 Å². The standard InChI is InChI=1S/C13H16N2O/c1-10-3-2-4-11(7-10)8-12-9-16-13(15-12)5-6-14/h2-4,7,9H,5-6,8,14H2,1H3. The highest BCUT2D eigenvalue weighted by Gasteiger charge is 2.04. The molecule has 2 rings (SSSR count). The molecule has 1 aromatic heterocycles. The van der Waals surface area contributed by atoms with Crippen LogP contribution in [0.3, 0.4) is 0 Å². The molecule has 0 spiro atoms. The van der Waals surface area contributed by atoms with Gasteiger partial charge in [0, 0.05) is 19.4 Å². The third-order valence-corrected chi connectivity index (χ3v) is 2.43. The fourth-order valence-electron chi connectivity index (χ4n) is 1.70. The Hall–Kier alpha value is -1.61. The highest BCUT2D eigenvalue weighted by molar-refractivity contribution is 5.25. The van der Waals surface area contributed by atoms with Crippen molar-refractivity contribution in [1.29, 1.82) is 0 Å². The monoisotopic (exact) mass is 216 g/mol. The van der Waals surface area contributed by atoms with Crippen molar-refractivity contribution in [2.45, 2.75) is 19.8 Å². The van der Waals surface area contributed by atoms with Gasteiger partial charge in [0.2, 0.25) is 0 Å². The minimum Gasteiger partial charge on any atom is -0.449 e. The maximum absolute atomic E-state index is 5.44. The largest absolute Gasteiger partial charge is 0.449 e. The predicted molar refractivity (Wildman–Crippen MR) is 63.2 cm³/mol. The summed E-state index contributed by atoms with van der Waals surface area (Å²) in [5, 5.41) is 0. The Bertz CT molecular complexity index is 462. The normalized spacial score (nSPS) is 10.6. The average Bonchev–Trinajstić information content (AvgIpc) is 2.66. The number of benzene rings is 1. The molecule has 2 aromatic rings. The van der Waals surface area contributed by atoms with Crippen LogP contribution in [0.1, 0.15) is 22.7 Å². The Balaban J connectivity index is 2.08. The first-order chi connectivity index (χ1) is 7.78. The van der Waals surface area contributed by atoms with Gasteiger partial charge in [-0.25, -0.2) is 4.98 Å². The van der Waals surface area contributed by atoms with Crippen LogP contribution in [0.2, 0.25) is 0 Å². The van der Waals surface area contributed by atoms with E-state index >= 15 is 0 Å². The minimum absolute atomic E-state index is 0.574. The van der Waals surface area contributed by atoms with E-state index in [0.717, 1.165) is 18.0 Å². The van der Waals surface area contributed by atoms with Crippen LogP contribution >= 0.6 is 0 Å². The lowest BCUT2D eigenvalue weighted by molar-refractivity contribution is 0.496. The van der Waals surface area contributed by atoms with Gasteiger partial charge in [0.25, 0.3) is 0 Å². The second-order valence-corrected chi connectivity index (χ2v) is 3.94. The third-order valence-electron chi connectivity index (χ3n) is 2.43. The number of aryl methyl sites for hydroxylation is 1. The average molecular weight is 216 g/mol. The Morgan fingerprint density at radius 2 is 2.25 bits per heavy atom. The van der Waals surface area contributed by atoms with Crippen molar-refractivity contribution in [1.82, 2.24) is 4.98 Å². The van der Waals surface area contributed by atoms with Crippen molar-refractivity contribution in [2.24, 2.45) is 5.73 Å². The summed E-state index contributed by atoms with van der Waals surface area (Å²) in [6.07, 6.45) is 3.23. The van der Waals surface area contributed by atoms with E-state index in [-0.39, 0.29) is 0 Å². The minimum atomic E-state index is 0.574. The van der Waals surface area contributed by atoms with Gasteiger partial charge in [0.15, 0.2) is 5.89 Å². The summed E-state index contributed by atoms with van der Waals surface area (Å²) in [5.41, 5.74) is 8.93. The zero-order valence-electron chi connectivity index (χ0n) is 9.44. The van der Waals surface area contributed by atoms with E-state index < -0.39 is 0 Å². The number of hydrogen-bond donors (Lipinski definition) is 1. The van der Waals surface area contributed by atoms with Crippen LogP contribution in [0.25, 0.3) is 0 Å². The first kappa shape index (κ1) is 10.9. The van der Waals surface area contributed by atoms with Gasteiger partial charge in [-0.15, -0.1) is 0 Å². The summed E-state index contributed by atoms with van der Waals surface area (Å²) in [6.45, 7) is 2.66. The van der Waals surface area contributed by atoms with Gasteiger partial charge in [-0.3, -0.25) is 0 Å². The molecule has 0 aliphatic rings. The van der Waals surface area contributed by atoms with Gasteiger partial charge in [0.1, 0.15) is 6.26 Å². The highest BCUT2D eigenvalue weighted by atomic mass is 16.3. The van der Waals surface area contributed by atoms with Crippen molar-refractivity contribution >= 4 is 0 Å². The Labute approximate surface area is 95.3 Å². The van der Waals surface area contributed by atoms with E-state index in [9.17, 15) is 0 Å². The molecule has 3 nitrogen and oxygen atoms in total. The van der Waals surface area contributed by atoms with Crippen LogP contribution in [0.15, 0.2) is 34.9 Å². The molecule has 0 amide bonds. The number of nitrogens with zero attached hydrogens (tertiary/aromatic N) is 1. The van der Waals surface area contributed by atoms with Crippen LogP contribution < -0.4 is 5.73 Å². The lowest BCUT2D eigenvalue weighted by atomic mass is 10.1. The Morgan fingerprint density at radius 3 is 3.00 bits per heavy atom. The SMILES string of the molecule is Cc1cccc(Cc2coc(CCN)n2)c1. The quantitative estimate of drug-likeness (QED) is 0.851. The predicted octanol–water partition coefficient (Wildman–Crippen LogP) is 2.08. The number of oxazole rings is 1. The fraction of sp³-hybridized carbons (Fsp3) is 0.308. The highest BCUT2D eigenvalue weighted by Crippen LogP contribution is 2.11. The number of rotatable bonds is 4. The number of aromatic nitrogens is 1. The van der Waals surface area contributed by atoms with E-state index in [1.54, 1.807) is 6.26 Å². The molecule has 1 heterocycles. The lowest BCUT2D eigenvalue weighted by Gasteiger charge is -1.98. The van der Waals surface area contributed by atoms with Gasteiger partial charge in [-0.2, -0.15) is 0 Å². The first-order valence-corrected chi connectivity index (χ1v) is 5.47. The molecule has 0 saturated heterocycles. The third kappa shape index (κ3) is 2.70. The molecule has 0 unspecified atom stereocenters. The van der Waals surface area contributed by atoms with Crippen molar-refractivity contribution in [3.8, 4) is 0 Å². The van der Waals surface area contributed by atoms with Crippen LogP contribution in [0, 0.1) is 6.92 Å². The van der Waals surface area contributed by atoms with E-state index in [1.807, 2.05) is 0 Å². The van der Waals surface area contributed by atoms with Crippen molar-refractivity contribution in [3.05, 3.63) is 53.2 Å². The second-order valence-electron chi connectivity index (χ2n) is 3.94. The summed E-state index contributed by atoms with van der Waals surface area (Å²) in [7, 11) is 0. The van der Waals surface area contributed by atoms with Crippen LogP contribution in [0.4, 0.5) is 0 Å². The number of hydrogen-bond acceptors (Lipinski definition) is 3. The Kier molecular flexibility index (Phi) is 3.37. The summed E-state index contributed by atoms with van der Waals surface area (Å²) in [4.78, 5) is 4.38. The Morgan fingerprint density at radius 1 is 1.38 bits per heavy atom. The van der Waals surface area contributed by atoms with Crippen molar-refractivity contribution in [3.63, 3.8) is 0 Å². The maximum atomic E-state index is 5.44. The van der Waals surface area contributed by atoms with Crippen molar-refractivity contribution in [2.75, 3.05) is 6.54 Å². The summed E-state index contributed by atoms with van der Waals surface area (Å²) < 4.78 is 5.32.